The molecule has 0 saturated heterocycles. The predicted octanol–water partition coefficient (Wildman–Crippen LogP) is 2.56. The third-order valence-electron chi connectivity index (χ3n) is 3.17. The molecule has 3 aromatic rings. The number of tetrazole rings is 1. The van der Waals surface area contributed by atoms with Crippen LogP contribution in [0.3, 0.4) is 0 Å². The van der Waals surface area contributed by atoms with Crippen molar-refractivity contribution in [1.82, 2.24) is 20.6 Å². The molecular formula is C14H10Cl2N6O3S. The van der Waals surface area contributed by atoms with Crippen molar-refractivity contribution in [3.05, 3.63) is 58.1 Å². The molecule has 0 saturated carbocycles. The highest BCUT2D eigenvalue weighted by Crippen LogP contribution is 2.26. The topological polar surface area (TPSA) is 130 Å². The molecule has 0 aliphatic rings. The number of amides is 1. The van der Waals surface area contributed by atoms with Crippen molar-refractivity contribution in [1.29, 1.82) is 0 Å². The van der Waals surface area contributed by atoms with Gasteiger partial charge in [0.2, 0.25) is 0 Å². The number of rotatable bonds is 5. The number of aromatic amines is 1. The smallest absolute Gasteiger partial charge is 0.270 e. The lowest BCUT2D eigenvalue weighted by molar-refractivity contribution is 0.102. The summed E-state index contributed by atoms with van der Waals surface area (Å²) in [5.74, 6) is -0.440. The van der Waals surface area contributed by atoms with Crippen LogP contribution in [-0.2, 0) is 10.0 Å². The van der Waals surface area contributed by atoms with E-state index < -0.39 is 15.9 Å². The SMILES string of the molecule is O=C(Nc1nn[nH]n1)c1ccc(NS(=O)(=O)c2ccc(Cl)c(Cl)c2)cc1. The Morgan fingerprint density at radius 1 is 1.04 bits per heavy atom. The Balaban J connectivity index is 1.74. The molecule has 9 nitrogen and oxygen atoms in total. The fourth-order valence-corrected chi connectivity index (χ4v) is 3.38. The van der Waals surface area contributed by atoms with Crippen LogP contribution in [0.25, 0.3) is 0 Å². The minimum atomic E-state index is -3.85. The largest absolute Gasteiger partial charge is 0.288 e. The summed E-state index contributed by atoms with van der Waals surface area (Å²) in [6, 6.07) is 9.76. The van der Waals surface area contributed by atoms with Gasteiger partial charge in [-0.15, -0.1) is 5.10 Å². The number of carbonyl (C=O) groups is 1. The monoisotopic (exact) mass is 412 g/mol. The van der Waals surface area contributed by atoms with E-state index in [1.807, 2.05) is 0 Å². The molecule has 0 fully saturated rings. The minimum absolute atomic E-state index is 0.0272. The van der Waals surface area contributed by atoms with Crippen molar-refractivity contribution in [3.63, 3.8) is 0 Å². The number of sulfonamides is 1. The lowest BCUT2D eigenvalue weighted by Gasteiger charge is -2.09. The van der Waals surface area contributed by atoms with Crippen molar-refractivity contribution in [2.24, 2.45) is 0 Å². The molecule has 0 radical (unpaired) electrons. The van der Waals surface area contributed by atoms with Crippen LogP contribution in [0.5, 0.6) is 0 Å². The Kier molecular flexibility index (Phi) is 5.07. The maximum absolute atomic E-state index is 12.4. The Morgan fingerprint density at radius 2 is 1.77 bits per heavy atom. The van der Waals surface area contributed by atoms with E-state index in [1.54, 1.807) is 0 Å². The van der Waals surface area contributed by atoms with E-state index in [2.05, 4.69) is 30.7 Å². The summed E-state index contributed by atoms with van der Waals surface area (Å²) >= 11 is 11.6. The summed E-state index contributed by atoms with van der Waals surface area (Å²) < 4.78 is 27.1. The molecule has 0 spiro atoms. The van der Waals surface area contributed by atoms with Gasteiger partial charge in [-0.2, -0.15) is 5.21 Å². The second-order valence-corrected chi connectivity index (χ2v) is 7.45. The summed E-state index contributed by atoms with van der Waals surface area (Å²) in [5.41, 5.74) is 0.555. The Hall–Kier alpha value is -2.69. The molecule has 12 heteroatoms. The molecule has 1 aromatic heterocycles. The number of anilines is 2. The number of nitrogens with one attached hydrogen (secondary N) is 3. The Labute approximate surface area is 157 Å². The maximum atomic E-state index is 12.4. The Morgan fingerprint density at radius 3 is 2.38 bits per heavy atom. The fourth-order valence-electron chi connectivity index (χ4n) is 1.94. The summed E-state index contributed by atoms with van der Waals surface area (Å²) in [5, 5.41) is 15.5. The van der Waals surface area contributed by atoms with E-state index in [1.165, 1.54) is 42.5 Å². The van der Waals surface area contributed by atoms with Crippen LogP contribution in [0.15, 0.2) is 47.4 Å². The van der Waals surface area contributed by atoms with Crippen molar-refractivity contribution in [2.45, 2.75) is 4.90 Å². The van der Waals surface area contributed by atoms with Gasteiger partial charge in [-0.05, 0) is 47.7 Å². The second-order valence-electron chi connectivity index (χ2n) is 4.95. The van der Waals surface area contributed by atoms with E-state index in [0.29, 0.717) is 0 Å². The van der Waals surface area contributed by atoms with Gasteiger partial charge in [0.1, 0.15) is 0 Å². The number of hydrogen-bond donors (Lipinski definition) is 3. The summed E-state index contributed by atoms with van der Waals surface area (Å²) in [4.78, 5) is 12.0. The number of H-pyrrole nitrogens is 1. The highest BCUT2D eigenvalue weighted by atomic mass is 35.5. The first kappa shape index (κ1) is 18.1. The number of nitrogens with zero attached hydrogens (tertiary/aromatic N) is 3. The van der Waals surface area contributed by atoms with E-state index in [9.17, 15) is 13.2 Å². The quantitative estimate of drug-likeness (QED) is 0.590. The standard InChI is InChI=1S/C14H10Cl2N6O3S/c15-11-6-5-10(7-12(11)16)26(24,25)20-9-3-1-8(2-4-9)13(23)17-14-18-21-22-19-14/h1-7,20H,(H2,17,18,19,21,22,23). The molecule has 2 aromatic carbocycles. The Bertz CT molecular complexity index is 1040. The lowest BCUT2D eigenvalue weighted by Crippen LogP contribution is -2.14. The number of hydrogen-bond acceptors (Lipinski definition) is 6. The van der Waals surface area contributed by atoms with Gasteiger partial charge < -0.3 is 0 Å². The van der Waals surface area contributed by atoms with E-state index >= 15 is 0 Å². The summed E-state index contributed by atoms with van der Waals surface area (Å²) in [6.07, 6.45) is 0. The molecule has 0 bridgehead atoms. The molecule has 26 heavy (non-hydrogen) atoms. The highest BCUT2D eigenvalue weighted by molar-refractivity contribution is 7.92. The van der Waals surface area contributed by atoms with Crippen LogP contribution in [0, 0.1) is 0 Å². The fraction of sp³-hybridized carbons (Fsp3) is 0. The van der Waals surface area contributed by atoms with Gasteiger partial charge in [0.25, 0.3) is 21.9 Å². The summed E-state index contributed by atoms with van der Waals surface area (Å²) in [6.45, 7) is 0. The molecule has 134 valence electrons. The average Bonchev–Trinajstić information content (AvgIpc) is 3.10. The number of carbonyl (C=O) groups excluding carboxylic acids is 1. The molecule has 0 atom stereocenters. The number of benzene rings is 2. The van der Waals surface area contributed by atoms with Gasteiger partial charge >= 0.3 is 0 Å². The van der Waals surface area contributed by atoms with Crippen LogP contribution in [0.1, 0.15) is 10.4 Å². The molecule has 0 aliphatic carbocycles. The van der Waals surface area contributed by atoms with Crippen LogP contribution in [-0.4, -0.2) is 34.9 Å². The maximum Gasteiger partial charge on any atom is 0.270 e. The first-order valence-electron chi connectivity index (χ1n) is 6.98. The van der Waals surface area contributed by atoms with Crippen molar-refractivity contribution >= 4 is 50.8 Å². The van der Waals surface area contributed by atoms with Crippen LogP contribution in [0.2, 0.25) is 10.0 Å². The first-order valence-corrected chi connectivity index (χ1v) is 9.22. The van der Waals surface area contributed by atoms with Crippen LogP contribution < -0.4 is 10.0 Å². The molecule has 0 aliphatic heterocycles. The second kappa shape index (κ2) is 7.28. The van der Waals surface area contributed by atoms with Gasteiger partial charge in [0.05, 0.1) is 14.9 Å². The number of halogens is 2. The van der Waals surface area contributed by atoms with Gasteiger partial charge in [0, 0.05) is 11.3 Å². The van der Waals surface area contributed by atoms with Crippen molar-refractivity contribution in [2.75, 3.05) is 10.0 Å². The third-order valence-corrected chi connectivity index (χ3v) is 5.29. The van der Waals surface area contributed by atoms with E-state index in [4.69, 9.17) is 23.2 Å². The minimum Gasteiger partial charge on any atom is -0.288 e. The van der Waals surface area contributed by atoms with Gasteiger partial charge in [-0.1, -0.05) is 28.3 Å². The molecular weight excluding hydrogens is 403 g/mol. The van der Waals surface area contributed by atoms with Gasteiger partial charge in [0.15, 0.2) is 0 Å². The van der Waals surface area contributed by atoms with Gasteiger partial charge in [-0.3, -0.25) is 14.8 Å². The zero-order valence-electron chi connectivity index (χ0n) is 12.8. The van der Waals surface area contributed by atoms with Gasteiger partial charge in [-0.25, -0.2) is 8.42 Å². The molecule has 1 amide bonds. The third kappa shape index (κ3) is 4.10. The lowest BCUT2D eigenvalue weighted by atomic mass is 10.2. The van der Waals surface area contributed by atoms with E-state index in [-0.39, 0.29) is 32.1 Å². The highest BCUT2D eigenvalue weighted by Gasteiger charge is 2.16. The first-order chi connectivity index (χ1) is 12.3. The predicted molar refractivity (Wildman–Crippen MR) is 95.8 cm³/mol. The molecule has 1 heterocycles. The van der Waals surface area contributed by atoms with Crippen LogP contribution in [0.4, 0.5) is 11.6 Å². The molecule has 0 unspecified atom stereocenters. The average molecular weight is 413 g/mol. The zero-order chi connectivity index (χ0) is 18.7. The van der Waals surface area contributed by atoms with E-state index in [0.717, 1.165) is 0 Å². The van der Waals surface area contributed by atoms with Crippen molar-refractivity contribution < 1.29 is 13.2 Å². The summed E-state index contributed by atoms with van der Waals surface area (Å²) in [7, 11) is -3.85. The normalized spacial score (nSPS) is 11.2. The molecule has 3 N–H and O–H groups in total. The van der Waals surface area contributed by atoms with Crippen molar-refractivity contribution in [3.8, 4) is 0 Å². The number of aromatic nitrogens is 4. The zero-order valence-corrected chi connectivity index (χ0v) is 15.1. The molecule has 3 rings (SSSR count). The van der Waals surface area contributed by atoms with Crippen LogP contribution >= 0.6 is 23.2 Å².